The highest BCUT2D eigenvalue weighted by atomic mass is 16.3. The molecule has 1 aromatic carbocycles. The van der Waals surface area contributed by atoms with E-state index in [9.17, 15) is 5.11 Å². The second-order valence-corrected chi connectivity index (χ2v) is 5.32. The second-order valence-electron chi connectivity index (χ2n) is 5.32. The van der Waals surface area contributed by atoms with Crippen LogP contribution in [0.2, 0.25) is 0 Å². The lowest BCUT2D eigenvalue weighted by atomic mass is 9.60. The predicted octanol–water partition coefficient (Wildman–Crippen LogP) is 1.96. The van der Waals surface area contributed by atoms with E-state index in [0.717, 1.165) is 12.8 Å². The highest BCUT2D eigenvalue weighted by Crippen LogP contribution is 2.45. The Balaban J connectivity index is 2.47. The maximum Gasteiger partial charge on any atom is 0.0558 e. The summed E-state index contributed by atoms with van der Waals surface area (Å²) < 4.78 is 0. The van der Waals surface area contributed by atoms with Gasteiger partial charge in [0, 0.05) is 12.0 Å². The zero-order chi connectivity index (χ0) is 11.9. The number of aliphatic hydroxyl groups excluding tert-OH is 1. The first-order valence-corrected chi connectivity index (χ1v) is 5.95. The Kier molecular flexibility index (Phi) is 2.81. The normalized spacial score (nSPS) is 28.9. The van der Waals surface area contributed by atoms with Crippen LogP contribution in [0.1, 0.15) is 35.1 Å². The van der Waals surface area contributed by atoms with E-state index in [4.69, 9.17) is 5.73 Å². The number of rotatable bonds is 2. The van der Waals surface area contributed by atoms with Crippen molar-refractivity contribution in [2.75, 3.05) is 6.54 Å². The summed E-state index contributed by atoms with van der Waals surface area (Å²) >= 11 is 0. The molecule has 0 saturated heterocycles. The molecule has 2 heteroatoms. The Bertz CT molecular complexity index is 382. The Morgan fingerprint density at radius 2 is 1.75 bits per heavy atom. The van der Waals surface area contributed by atoms with Crippen molar-refractivity contribution >= 4 is 0 Å². The van der Waals surface area contributed by atoms with Gasteiger partial charge in [0.1, 0.15) is 0 Å². The van der Waals surface area contributed by atoms with Crippen molar-refractivity contribution in [3.05, 3.63) is 34.4 Å². The fourth-order valence-electron chi connectivity index (χ4n) is 3.33. The quantitative estimate of drug-likeness (QED) is 0.798. The van der Waals surface area contributed by atoms with Crippen molar-refractivity contribution in [2.45, 2.75) is 45.1 Å². The first-order valence-electron chi connectivity index (χ1n) is 5.95. The Morgan fingerprint density at radius 3 is 2.12 bits per heavy atom. The molecule has 2 rings (SSSR count). The molecule has 0 spiro atoms. The monoisotopic (exact) mass is 219 g/mol. The smallest absolute Gasteiger partial charge is 0.0558 e. The van der Waals surface area contributed by atoms with Gasteiger partial charge in [-0.15, -0.1) is 0 Å². The first kappa shape index (κ1) is 11.6. The van der Waals surface area contributed by atoms with Crippen molar-refractivity contribution in [3.8, 4) is 0 Å². The average molecular weight is 219 g/mol. The fraction of sp³-hybridized carbons (Fsp3) is 0.571. The van der Waals surface area contributed by atoms with E-state index in [0.29, 0.717) is 6.54 Å². The van der Waals surface area contributed by atoms with E-state index in [1.165, 1.54) is 22.3 Å². The summed E-state index contributed by atoms with van der Waals surface area (Å²) in [6, 6.07) is 4.43. The van der Waals surface area contributed by atoms with E-state index < -0.39 is 0 Å². The standard InChI is InChI=1S/C14H21NO/c1-9-4-10(2)13(11(3)5-9)14(8-15)6-12(16)7-14/h4-5,12,16H,6-8,15H2,1-3H3. The van der Waals surface area contributed by atoms with E-state index in [2.05, 4.69) is 32.9 Å². The molecule has 0 atom stereocenters. The summed E-state index contributed by atoms with van der Waals surface area (Å²) in [7, 11) is 0. The minimum atomic E-state index is -0.163. The predicted molar refractivity (Wildman–Crippen MR) is 66.6 cm³/mol. The summed E-state index contributed by atoms with van der Waals surface area (Å²) in [6.45, 7) is 7.05. The zero-order valence-electron chi connectivity index (χ0n) is 10.4. The van der Waals surface area contributed by atoms with Gasteiger partial charge in [-0.2, -0.15) is 0 Å². The van der Waals surface area contributed by atoms with Gasteiger partial charge in [-0.3, -0.25) is 0 Å². The number of aryl methyl sites for hydroxylation is 3. The van der Waals surface area contributed by atoms with Crippen LogP contribution in [0, 0.1) is 20.8 Å². The van der Waals surface area contributed by atoms with Crippen LogP contribution in [-0.4, -0.2) is 17.8 Å². The van der Waals surface area contributed by atoms with Gasteiger partial charge in [-0.1, -0.05) is 17.7 Å². The molecule has 0 amide bonds. The second kappa shape index (κ2) is 3.86. The molecule has 16 heavy (non-hydrogen) atoms. The molecule has 0 bridgehead atoms. The molecule has 0 aromatic heterocycles. The van der Waals surface area contributed by atoms with Gasteiger partial charge in [-0.25, -0.2) is 0 Å². The Morgan fingerprint density at radius 1 is 1.25 bits per heavy atom. The van der Waals surface area contributed by atoms with Gasteiger partial charge >= 0.3 is 0 Å². The molecule has 1 aromatic rings. The number of nitrogens with two attached hydrogens (primary N) is 1. The third-order valence-corrected chi connectivity index (χ3v) is 3.85. The number of hydrogen-bond acceptors (Lipinski definition) is 2. The van der Waals surface area contributed by atoms with Crippen LogP contribution >= 0.6 is 0 Å². The Labute approximate surface area is 97.5 Å². The number of hydrogen-bond donors (Lipinski definition) is 2. The molecule has 2 nitrogen and oxygen atoms in total. The molecule has 1 fully saturated rings. The van der Waals surface area contributed by atoms with E-state index in [1.807, 2.05) is 0 Å². The average Bonchev–Trinajstić information content (AvgIpc) is 2.12. The SMILES string of the molecule is Cc1cc(C)c(C2(CN)CC(O)C2)c(C)c1. The van der Waals surface area contributed by atoms with Crippen molar-refractivity contribution in [2.24, 2.45) is 5.73 Å². The summed E-state index contributed by atoms with van der Waals surface area (Å²) in [5.74, 6) is 0. The summed E-state index contributed by atoms with van der Waals surface area (Å²) in [4.78, 5) is 0. The lowest BCUT2D eigenvalue weighted by molar-refractivity contribution is 0.0216. The van der Waals surface area contributed by atoms with Crippen LogP contribution in [0.25, 0.3) is 0 Å². The van der Waals surface area contributed by atoms with Gasteiger partial charge in [0.2, 0.25) is 0 Å². The topological polar surface area (TPSA) is 46.2 Å². The maximum atomic E-state index is 9.56. The zero-order valence-corrected chi connectivity index (χ0v) is 10.4. The van der Waals surface area contributed by atoms with Crippen LogP contribution in [0.4, 0.5) is 0 Å². The molecule has 88 valence electrons. The largest absolute Gasteiger partial charge is 0.393 e. The fourth-order valence-corrected chi connectivity index (χ4v) is 3.33. The minimum Gasteiger partial charge on any atom is -0.393 e. The summed E-state index contributed by atoms with van der Waals surface area (Å²) in [5, 5.41) is 9.56. The van der Waals surface area contributed by atoms with Gasteiger partial charge in [-0.05, 0) is 50.3 Å². The first-order chi connectivity index (χ1) is 7.48. The van der Waals surface area contributed by atoms with Crippen molar-refractivity contribution in [1.82, 2.24) is 0 Å². The van der Waals surface area contributed by atoms with Crippen LogP contribution in [0.5, 0.6) is 0 Å². The third-order valence-electron chi connectivity index (χ3n) is 3.85. The highest BCUT2D eigenvalue weighted by molar-refractivity contribution is 5.44. The van der Waals surface area contributed by atoms with Crippen LogP contribution < -0.4 is 5.73 Å². The maximum absolute atomic E-state index is 9.56. The van der Waals surface area contributed by atoms with E-state index in [-0.39, 0.29) is 11.5 Å². The van der Waals surface area contributed by atoms with Gasteiger partial charge in [0.15, 0.2) is 0 Å². The van der Waals surface area contributed by atoms with Crippen molar-refractivity contribution < 1.29 is 5.11 Å². The number of aliphatic hydroxyl groups is 1. The van der Waals surface area contributed by atoms with Gasteiger partial charge in [0.05, 0.1) is 6.10 Å². The molecule has 1 aliphatic rings. The third kappa shape index (κ3) is 1.66. The molecular formula is C14H21NO. The van der Waals surface area contributed by atoms with E-state index in [1.54, 1.807) is 0 Å². The molecule has 0 aliphatic heterocycles. The molecule has 3 N–H and O–H groups in total. The van der Waals surface area contributed by atoms with Crippen LogP contribution in [-0.2, 0) is 5.41 Å². The highest BCUT2D eigenvalue weighted by Gasteiger charge is 2.45. The molecule has 1 saturated carbocycles. The lowest BCUT2D eigenvalue weighted by Crippen LogP contribution is -2.50. The lowest BCUT2D eigenvalue weighted by Gasteiger charge is -2.47. The molecule has 1 aliphatic carbocycles. The summed E-state index contributed by atoms with van der Waals surface area (Å²) in [6.07, 6.45) is 1.46. The molecule has 0 heterocycles. The Hall–Kier alpha value is -0.860. The van der Waals surface area contributed by atoms with Gasteiger partial charge < -0.3 is 10.8 Å². The molecular weight excluding hydrogens is 198 g/mol. The number of benzene rings is 1. The van der Waals surface area contributed by atoms with Crippen LogP contribution in [0.15, 0.2) is 12.1 Å². The summed E-state index contributed by atoms with van der Waals surface area (Å²) in [5.41, 5.74) is 11.2. The molecule has 0 radical (unpaired) electrons. The van der Waals surface area contributed by atoms with Gasteiger partial charge in [0.25, 0.3) is 0 Å². The van der Waals surface area contributed by atoms with Crippen molar-refractivity contribution in [3.63, 3.8) is 0 Å². The van der Waals surface area contributed by atoms with Crippen LogP contribution in [0.3, 0.4) is 0 Å². The van der Waals surface area contributed by atoms with E-state index >= 15 is 0 Å². The van der Waals surface area contributed by atoms with Crippen molar-refractivity contribution in [1.29, 1.82) is 0 Å². The molecule has 0 unspecified atom stereocenters. The minimum absolute atomic E-state index is 0.0291.